The molecule has 0 aromatic heterocycles. The average Bonchev–Trinajstić information content (AvgIpc) is 3.09. The van der Waals surface area contributed by atoms with Crippen LogP contribution in [0.2, 0.25) is 0 Å². The summed E-state index contributed by atoms with van der Waals surface area (Å²) in [6.07, 6.45) is 5.11. The minimum atomic E-state index is -0.374. The molecular formula is C15H28N2O2. The number of ether oxygens (including phenoxy) is 1. The van der Waals surface area contributed by atoms with Gasteiger partial charge in [0.15, 0.2) is 0 Å². The van der Waals surface area contributed by atoms with E-state index in [2.05, 4.69) is 10.2 Å². The topological polar surface area (TPSA) is 41.6 Å². The first kappa shape index (κ1) is 14.8. The second-order valence-electron chi connectivity index (χ2n) is 6.99. The first-order valence-electron chi connectivity index (χ1n) is 7.60. The van der Waals surface area contributed by atoms with Crippen molar-refractivity contribution in [1.82, 2.24) is 10.2 Å². The Bertz CT molecular complexity index is 300. The number of carbonyl (C=O) groups is 1. The molecule has 1 aliphatic carbocycles. The van der Waals surface area contributed by atoms with Crippen molar-refractivity contribution < 1.29 is 9.53 Å². The van der Waals surface area contributed by atoms with Crippen LogP contribution in [0.4, 0.5) is 0 Å². The standard InChI is InChI=1S/C15H28N2O2/c1-15(2,3)19-14(18)11-17-8-6-13(7-9-17)16-10-12-4-5-12/h12-13,16H,4-11H2,1-3H3. The third-order valence-corrected chi connectivity index (χ3v) is 3.75. The molecule has 110 valence electrons. The number of nitrogens with one attached hydrogen (secondary N) is 1. The number of rotatable bonds is 5. The maximum atomic E-state index is 11.8. The first-order chi connectivity index (χ1) is 8.92. The highest BCUT2D eigenvalue weighted by Crippen LogP contribution is 2.28. The third-order valence-electron chi connectivity index (χ3n) is 3.75. The molecule has 0 atom stereocenters. The number of likely N-dealkylation sites (tertiary alicyclic amines) is 1. The summed E-state index contributed by atoms with van der Waals surface area (Å²) in [6.45, 7) is 9.38. The van der Waals surface area contributed by atoms with Gasteiger partial charge >= 0.3 is 5.97 Å². The molecule has 19 heavy (non-hydrogen) atoms. The van der Waals surface area contributed by atoms with E-state index in [9.17, 15) is 4.79 Å². The lowest BCUT2D eigenvalue weighted by Gasteiger charge is -2.32. The van der Waals surface area contributed by atoms with Crippen molar-refractivity contribution in [2.24, 2.45) is 5.92 Å². The molecule has 0 aromatic rings. The van der Waals surface area contributed by atoms with Crippen molar-refractivity contribution in [2.75, 3.05) is 26.2 Å². The van der Waals surface area contributed by atoms with Gasteiger partial charge in [0.25, 0.3) is 0 Å². The molecule has 1 saturated heterocycles. The van der Waals surface area contributed by atoms with Gasteiger partial charge in [-0.05, 0) is 58.9 Å². The van der Waals surface area contributed by atoms with Crippen LogP contribution in [0.15, 0.2) is 0 Å². The van der Waals surface area contributed by atoms with Crippen LogP contribution in [0.1, 0.15) is 46.5 Å². The maximum absolute atomic E-state index is 11.8. The van der Waals surface area contributed by atoms with E-state index in [1.54, 1.807) is 0 Å². The molecule has 1 aliphatic heterocycles. The fourth-order valence-electron chi connectivity index (χ4n) is 2.51. The van der Waals surface area contributed by atoms with Gasteiger partial charge in [0.05, 0.1) is 6.54 Å². The van der Waals surface area contributed by atoms with E-state index in [1.165, 1.54) is 19.4 Å². The Morgan fingerprint density at radius 1 is 1.21 bits per heavy atom. The van der Waals surface area contributed by atoms with E-state index in [1.807, 2.05) is 20.8 Å². The summed E-state index contributed by atoms with van der Waals surface area (Å²) in [6, 6.07) is 0.649. The molecule has 1 saturated carbocycles. The number of carbonyl (C=O) groups excluding carboxylic acids is 1. The molecule has 2 rings (SSSR count). The van der Waals surface area contributed by atoms with Gasteiger partial charge in [0, 0.05) is 19.1 Å². The molecule has 1 heterocycles. The molecule has 2 aliphatic rings. The molecule has 0 bridgehead atoms. The lowest BCUT2D eigenvalue weighted by Crippen LogP contribution is -2.45. The van der Waals surface area contributed by atoms with Crippen LogP contribution in [0.5, 0.6) is 0 Å². The average molecular weight is 268 g/mol. The molecule has 2 fully saturated rings. The van der Waals surface area contributed by atoms with Crippen LogP contribution in [0.3, 0.4) is 0 Å². The van der Waals surface area contributed by atoms with Gasteiger partial charge in [-0.25, -0.2) is 0 Å². The molecule has 0 radical (unpaired) electrons. The van der Waals surface area contributed by atoms with Gasteiger partial charge in [-0.15, -0.1) is 0 Å². The molecule has 0 spiro atoms. The van der Waals surface area contributed by atoms with Crippen molar-refractivity contribution in [3.63, 3.8) is 0 Å². The van der Waals surface area contributed by atoms with Crippen LogP contribution in [0.25, 0.3) is 0 Å². The second-order valence-corrected chi connectivity index (χ2v) is 6.99. The normalized spacial score (nSPS) is 22.5. The predicted molar refractivity (Wildman–Crippen MR) is 76.0 cm³/mol. The van der Waals surface area contributed by atoms with E-state index < -0.39 is 0 Å². The summed E-state index contributed by atoms with van der Waals surface area (Å²) in [7, 11) is 0. The molecule has 1 N–H and O–H groups in total. The SMILES string of the molecule is CC(C)(C)OC(=O)CN1CCC(NCC2CC2)CC1. The van der Waals surface area contributed by atoms with Gasteiger partial charge in [0.2, 0.25) is 0 Å². The highest BCUT2D eigenvalue weighted by molar-refractivity contribution is 5.72. The Morgan fingerprint density at radius 3 is 2.37 bits per heavy atom. The summed E-state index contributed by atoms with van der Waals surface area (Å²) in [4.78, 5) is 14.0. The largest absolute Gasteiger partial charge is 0.459 e. The summed E-state index contributed by atoms with van der Waals surface area (Å²) < 4.78 is 5.36. The third kappa shape index (κ3) is 5.91. The monoisotopic (exact) mass is 268 g/mol. The molecule has 0 unspecified atom stereocenters. The summed E-state index contributed by atoms with van der Waals surface area (Å²) in [5.74, 6) is 0.844. The van der Waals surface area contributed by atoms with E-state index >= 15 is 0 Å². The number of esters is 1. The highest BCUT2D eigenvalue weighted by Gasteiger charge is 2.26. The Hall–Kier alpha value is -0.610. The zero-order valence-electron chi connectivity index (χ0n) is 12.6. The van der Waals surface area contributed by atoms with Crippen molar-refractivity contribution in [1.29, 1.82) is 0 Å². The summed E-state index contributed by atoms with van der Waals surface area (Å²) >= 11 is 0. The zero-order chi connectivity index (χ0) is 13.9. The quantitative estimate of drug-likeness (QED) is 0.772. The van der Waals surface area contributed by atoms with Crippen molar-refractivity contribution >= 4 is 5.97 Å². The minimum absolute atomic E-state index is 0.100. The lowest BCUT2D eigenvalue weighted by molar-refractivity contribution is -0.156. The predicted octanol–water partition coefficient (Wildman–Crippen LogP) is 1.79. The Labute approximate surface area is 116 Å². The van der Waals surface area contributed by atoms with Crippen LogP contribution in [-0.2, 0) is 9.53 Å². The Morgan fingerprint density at radius 2 is 1.84 bits per heavy atom. The van der Waals surface area contributed by atoms with Crippen LogP contribution in [-0.4, -0.2) is 48.7 Å². The van der Waals surface area contributed by atoms with Crippen LogP contribution < -0.4 is 5.32 Å². The molecule has 0 amide bonds. The first-order valence-corrected chi connectivity index (χ1v) is 7.60. The number of piperidine rings is 1. The second kappa shape index (κ2) is 6.23. The maximum Gasteiger partial charge on any atom is 0.320 e. The van der Waals surface area contributed by atoms with E-state index in [0.717, 1.165) is 31.8 Å². The van der Waals surface area contributed by atoms with Crippen molar-refractivity contribution in [2.45, 2.75) is 58.1 Å². The number of hydrogen-bond acceptors (Lipinski definition) is 4. The molecule has 0 aromatic carbocycles. The zero-order valence-corrected chi connectivity index (χ0v) is 12.6. The van der Waals surface area contributed by atoms with Crippen LogP contribution in [0, 0.1) is 5.92 Å². The van der Waals surface area contributed by atoms with E-state index in [-0.39, 0.29) is 11.6 Å². The summed E-state index contributed by atoms with van der Waals surface area (Å²) in [5, 5.41) is 3.65. The van der Waals surface area contributed by atoms with Gasteiger partial charge in [0.1, 0.15) is 5.60 Å². The Balaban J connectivity index is 1.61. The molecule has 4 heteroatoms. The number of nitrogens with zero attached hydrogens (tertiary/aromatic N) is 1. The summed E-state index contributed by atoms with van der Waals surface area (Å²) in [5.41, 5.74) is -0.374. The van der Waals surface area contributed by atoms with Gasteiger partial charge < -0.3 is 10.1 Å². The highest BCUT2D eigenvalue weighted by atomic mass is 16.6. The number of hydrogen-bond donors (Lipinski definition) is 1. The lowest BCUT2D eigenvalue weighted by atomic mass is 10.0. The molecular weight excluding hydrogens is 240 g/mol. The van der Waals surface area contributed by atoms with Crippen molar-refractivity contribution in [3.05, 3.63) is 0 Å². The fourth-order valence-corrected chi connectivity index (χ4v) is 2.51. The van der Waals surface area contributed by atoms with Gasteiger partial charge in [-0.3, -0.25) is 9.69 Å². The fraction of sp³-hybridized carbons (Fsp3) is 0.933. The smallest absolute Gasteiger partial charge is 0.320 e. The van der Waals surface area contributed by atoms with Gasteiger partial charge in [-0.1, -0.05) is 0 Å². The molecule has 4 nitrogen and oxygen atoms in total. The minimum Gasteiger partial charge on any atom is -0.459 e. The van der Waals surface area contributed by atoms with Gasteiger partial charge in [-0.2, -0.15) is 0 Å². The van der Waals surface area contributed by atoms with E-state index in [0.29, 0.717) is 12.6 Å². The van der Waals surface area contributed by atoms with Crippen molar-refractivity contribution in [3.8, 4) is 0 Å². The van der Waals surface area contributed by atoms with Crippen LogP contribution >= 0.6 is 0 Å². The Kier molecular flexibility index (Phi) is 4.85. The van der Waals surface area contributed by atoms with E-state index in [4.69, 9.17) is 4.74 Å².